The summed E-state index contributed by atoms with van der Waals surface area (Å²) in [7, 11) is 0. The van der Waals surface area contributed by atoms with E-state index in [1.165, 1.54) is 10.8 Å². The van der Waals surface area contributed by atoms with Gasteiger partial charge in [-0.15, -0.1) is 0 Å². The Morgan fingerprint density at radius 1 is 0.320 bits per heavy atom. The number of rotatable bonds is 4. The van der Waals surface area contributed by atoms with Crippen molar-refractivity contribution in [1.29, 1.82) is 0 Å². The molecule has 10 rings (SSSR count). The summed E-state index contributed by atoms with van der Waals surface area (Å²) in [5.74, 6) is 0. The average molecular weight is 637 g/mol. The third-order valence-corrected chi connectivity index (χ3v) is 9.73. The molecule has 4 nitrogen and oxygen atoms in total. The molecule has 0 radical (unpaired) electrons. The van der Waals surface area contributed by atoms with Crippen LogP contribution >= 0.6 is 0 Å². The molecule has 0 saturated heterocycles. The van der Waals surface area contributed by atoms with Gasteiger partial charge in [-0.25, -0.2) is 9.97 Å². The average Bonchev–Trinajstić information content (AvgIpc) is 3.19. The summed E-state index contributed by atoms with van der Waals surface area (Å²) in [6, 6.07) is 55.6. The molecule has 6 aromatic carbocycles. The summed E-state index contributed by atoms with van der Waals surface area (Å²) in [5.41, 5.74) is 12.5. The normalized spacial score (nSPS) is 11.6. The number of benzene rings is 6. The molecule has 0 fully saturated rings. The lowest BCUT2D eigenvalue weighted by molar-refractivity contribution is 1.37. The number of fused-ring (bicyclic) bond motifs is 6. The molecule has 0 aliphatic heterocycles. The first-order valence-corrected chi connectivity index (χ1v) is 16.8. The van der Waals surface area contributed by atoms with Gasteiger partial charge < -0.3 is 0 Å². The molecular formula is C46H28N4. The van der Waals surface area contributed by atoms with Gasteiger partial charge in [0.1, 0.15) is 0 Å². The number of hydrogen-bond acceptors (Lipinski definition) is 4. The lowest BCUT2D eigenvalue weighted by atomic mass is 9.98. The van der Waals surface area contributed by atoms with Gasteiger partial charge in [0, 0.05) is 45.1 Å². The van der Waals surface area contributed by atoms with Crippen LogP contribution < -0.4 is 0 Å². The topological polar surface area (TPSA) is 51.6 Å². The first kappa shape index (κ1) is 28.3. The molecule has 4 heterocycles. The number of pyridine rings is 4. The molecule has 0 bridgehead atoms. The molecule has 0 spiro atoms. The highest BCUT2D eigenvalue weighted by Gasteiger charge is 2.11. The van der Waals surface area contributed by atoms with E-state index in [9.17, 15) is 0 Å². The van der Waals surface area contributed by atoms with Gasteiger partial charge in [0.25, 0.3) is 0 Å². The van der Waals surface area contributed by atoms with Crippen LogP contribution in [0.1, 0.15) is 0 Å². The fourth-order valence-corrected chi connectivity index (χ4v) is 7.11. The molecule has 0 aliphatic rings. The van der Waals surface area contributed by atoms with Crippen molar-refractivity contribution >= 4 is 54.4 Å². The summed E-state index contributed by atoms with van der Waals surface area (Å²) in [5, 5.41) is 6.88. The monoisotopic (exact) mass is 636 g/mol. The number of hydrogen-bond donors (Lipinski definition) is 0. The second-order valence-corrected chi connectivity index (χ2v) is 12.7. The van der Waals surface area contributed by atoms with Crippen molar-refractivity contribution in [3.05, 3.63) is 170 Å². The van der Waals surface area contributed by atoms with Crippen LogP contribution in [0.3, 0.4) is 0 Å². The minimum absolute atomic E-state index is 0.923. The minimum atomic E-state index is 0.923. The maximum atomic E-state index is 5.05. The van der Waals surface area contributed by atoms with Crippen molar-refractivity contribution < 1.29 is 0 Å². The van der Waals surface area contributed by atoms with E-state index in [0.717, 1.165) is 88.4 Å². The fourth-order valence-electron chi connectivity index (χ4n) is 7.11. The van der Waals surface area contributed by atoms with Crippen molar-refractivity contribution in [2.75, 3.05) is 0 Å². The Kier molecular flexibility index (Phi) is 6.46. The van der Waals surface area contributed by atoms with Crippen LogP contribution in [0.15, 0.2) is 170 Å². The largest absolute Gasteiger partial charge is 0.254 e. The zero-order chi connectivity index (χ0) is 33.0. The Bertz CT molecular complexity index is 2930. The third kappa shape index (κ3) is 4.85. The van der Waals surface area contributed by atoms with E-state index in [1.807, 2.05) is 18.5 Å². The smallest absolute Gasteiger partial charge is 0.0970 e. The number of nitrogens with zero attached hydrogens (tertiary/aromatic N) is 4. The molecule has 0 amide bonds. The lowest BCUT2D eigenvalue weighted by Crippen LogP contribution is -1.89. The Labute approximate surface area is 288 Å². The molecule has 0 saturated carbocycles. The highest BCUT2D eigenvalue weighted by molar-refractivity contribution is 6.08. The molecule has 0 aliphatic carbocycles. The number of aromatic nitrogens is 4. The van der Waals surface area contributed by atoms with Gasteiger partial charge in [-0.3, -0.25) is 9.97 Å². The highest BCUT2D eigenvalue weighted by Crippen LogP contribution is 2.34. The van der Waals surface area contributed by atoms with Gasteiger partial charge in [-0.1, -0.05) is 103 Å². The van der Waals surface area contributed by atoms with E-state index in [2.05, 4.69) is 162 Å². The summed E-state index contributed by atoms with van der Waals surface area (Å²) in [6.45, 7) is 0. The van der Waals surface area contributed by atoms with Gasteiger partial charge in [0.15, 0.2) is 0 Å². The van der Waals surface area contributed by atoms with E-state index < -0.39 is 0 Å². The van der Waals surface area contributed by atoms with Crippen LogP contribution in [0.4, 0.5) is 0 Å². The first-order chi connectivity index (χ1) is 24.7. The van der Waals surface area contributed by atoms with Gasteiger partial charge in [-0.05, 0) is 87.6 Å². The zero-order valence-electron chi connectivity index (χ0n) is 27.0. The van der Waals surface area contributed by atoms with Crippen molar-refractivity contribution in [3.8, 4) is 44.8 Å². The SMILES string of the molecule is c1ccc2cc(-c3ccc4cc(-c5ccc6nc(-c7ccc(-c8ccnc9c8ccc8cccnc89)cc7)ccc6c5)ccc4n3)ccc2c1. The van der Waals surface area contributed by atoms with Crippen molar-refractivity contribution in [1.82, 2.24) is 19.9 Å². The maximum absolute atomic E-state index is 5.05. The Morgan fingerprint density at radius 2 is 0.880 bits per heavy atom. The maximum Gasteiger partial charge on any atom is 0.0970 e. The van der Waals surface area contributed by atoms with Crippen LogP contribution in [-0.2, 0) is 0 Å². The molecule has 232 valence electrons. The third-order valence-electron chi connectivity index (χ3n) is 9.73. The quantitative estimate of drug-likeness (QED) is 0.180. The molecular weight excluding hydrogens is 609 g/mol. The fraction of sp³-hybridized carbons (Fsp3) is 0. The van der Waals surface area contributed by atoms with Crippen LogP contribution in [0.2, 0.25) is 0 Å². The van der Waals surface area contributed by atoms with Crippen LogP contribution in [0.5, 0.6) is 0 Å². The summed E-state index contributed by atoms with van der Waals surface area (Å²) >= 11 is 0. The molecule has 4 aromatic heterocycles. The van der Waals surface area contributed by atoms with E-state index in [0.29, 0.717) is 0 Å². The van der Waals surface area contributed by atoms with Crippen molar-refractivity contribution in [2.24, 2.45) is 0 Å². The van der Waals surface area contributed by atoms with Crippen LogP contribution in [0, 0.1) is 0 Å². The van der Waals surface area contributed by atoms with Gasteiger partial charge in [-0.2, -0.15) is 0 Å². The van der Waals surface area contributed by atoms with E-state index in [-0.39, 0.29) is 0 Å². The standard InChI is InChI=1S/C46H28N4/c1-2-5-33-26-36(12-7-29(33)4-1)44-22-17-38-28-35(15-20-43(38)50-44)34-14-19-42-37(27-34)16-21-41(49-42)31-10-8-30(9-11-31)39-23-25-48-46-40(39)18-13-32-6-3-24-47-45(32)46/h1-28H. The lowest BCUT2D eigenvalue weighted by Gasteiger charge is -2.10. The molecule has 0 unspecified atom stereocenters. The second kappa shape index (κ2) is 11.4. The van der Waals surface area contributed by atoms with E-state index in [1.54, 1.807) is 0 Å². The Hall–Kier alpha value is -6.78. The van der Waals surface area contributed by atoms with E-state index in [4.69, 9.17) is 9.97 Å². The van der Waals surface area contributed by atoms with Gasteiger partial charge in [0.2, 0.25) is 0 Å². The summed E-state index contributed by atoms with van der Waals surface area (Å²) in [4.78, 5) is 19.3. The molecule has 0 atom stereocenters. The summed E-state index contributed by atoms with van der Waals surface area (Å²) < 4.78 is 0. The highest BCUT2D eigenvalue weighted by atomic mass is 14.7. The predicted octanol–water partition coefficient (Wildman–Crippen LogP) is 11.7. The second-order valence-electron chi connectivity index (χ2n) is 12.7. The first-order valence-electron chi connectivity index (χ1n) is 16.8. The van der Waals surface area contributed by atoms with Crippen LogP contribution in [0.25, 0.3) is 99.2 Å². The Balaban J connectivity index is 0.926. The molecule has 50 heavy (non-hydrogen) atoms. The Morgan fingerprint density at radius 3 is 1.64 bits per heavy atom. The van der Waals surface area contributed by atoms with E-state index >= 15 is 0 Å². The van der Waals surface area contributed by atoms with Crippen molar-refractivity contribution in [2.45, 2.75) is 0 Å². The molecule has 4 heteroatoms. The predicted molar refractivity (Wildman–Crippen MR) is 207 cm³/mol. The van der Waals surface area contributed by atoms with Gasteiger partial charge in [0.05, 0.1) is 33.5 Å². The van der Waals surface area contributed by atoms with Gasteiger partial charge >= 0.3 is 0 Å². The minimum Gasteiger partial charge on any atom is -0.254 e. The van der Waals surface area contributed by atoms with Crippen molar-refractivity contribution in [3.63, 3.8) is 0 Å². The van der Waals surface area contributed by atoms with Crippen LogP contribution in [-0.4, -0.2) is 19.9 Å². The molecule has 10 aromatic rings. The molecule has 0 N–H and O–H groups in total. The zero-order valence-corrected chi connectivity index (χ0v) is 27.0. The summed E-state index contributed by atoms with van der Waals surface area (Å²) in [6.07, 6.45) is 3.70.